The van der Waals surface area contributed by atoms with Gasteiger partial charge in [-0.2, -0.15) is 0 Å². The third-order valence-corrected chi connectivity index (χ3v) is 3.57. The van der Waals surface area contributed by atoms with Gasteiger partial charge in [-0.25, -0.2) is 0 Å². The Labute approximate surface area is 112 Å². The Morgan fingerprint density at radius 2 is 2.00 bits per heavy atom. The highest BCUT2D eigenvalue weighted by molar-refractivity contribution is 5.93. The minimum Gasteiger partial charge on any atom is -0.481 e. The second-order valence-electron chi connectivity index (χ2n) is 4.94. The molecule has 1 aliphatic rings. The molecule has 1 atom stereocenters. The monoisotopic (exact) mass is 262 g/mol. The lowest BCUT2D eigenvalue weighted by Gasteiger charge is -2.18. The Hall–Kier alpha value is -2.04. The first-order valence-corrected chi connectivity index (χ1v) is 6.43. The first-order valence-electron chi connectivity index (χ1n) is 6.43. The number of hydrogen-bond acceptors (Lipinski definition) is 3. The molecular formula is C14H18N2O3. The lowest BCUT2D eigenvalue weighted by molar-refractivity contribution is -0.137. The molecule has 0 aromatic heterocycles. The third-order valence-electron chi connectivity index (χ3n) is 3.57. The number of carbonyl (C=O) groups excluding carboxylic acids is 1. The Balaban J connectivity index is 1.93. The molecule has 1 amide bonds. The van der Waals surface area contributed by atoms with Crippen LogP contribution in [-0.4, -0.2) is 30.1 Å². The Kier molecular flexibility index (Phi) is 4.04. The van der Waals surface area contributed by atoms with E-state index in [1.54, 1.807) is 12.1 Å². The Bertz CT molecular complexity index is 470. The van der Waals surface area contributed by atoms with Gasteiger partial charge in [0.1, 0.15) is 0 Å². The number of carbonyl (C=O) groups is 2. The van der Waals surface area contributed by atoms with Crippen molar-refractivity contribution in [2.45, 2.75) is 19.3 Å². The van der Waals surface area contributed by atoms with Crippen molar-refractivity contribution >= 4 is 17.6 Å². The summed E-state index contributed by atoms with van der Waals surface area (Å²) in [5, 5.41) is 8.68. The summed E-state index contributed by atoms with van der Waals surface area (Å²) in [7, 11) is 0. The summed E-state index contributed by atoms with van der Waals surface area (Å²) in [6.07, 6.45) is 1.98. The molecule has 1 aliphatic heterocycles. The van der Waals surface area contributed by atoms with E-state index in [-0.39, 0.29) is 6.42 Å². The second kappa shape index (κ2) is 5.73. The number of benzene rings is 1. The molecule has 0 saturated carbocycles. The molecular weight excluding hydrogens is 244 g/mol. The van der Waals surface area contributed by atoms with Gasteiger partial charge in [-0.3, -0.25) is 9.59 Å². The van der Waals surface area contributed by atoms with Crippen LogP contribution in [0.5, 0.6) is 0 Å². The first-order chi connectivity index (χ1) is 9.06. The standard InChI is InChI=1S/C14H18N2O3/c15-14(19)11-2-4-12(5-3-11)16-8-7-10(9-16)1-6-13(17)18/h2-5,10H,1,6-9H2,(H2,15,19)(H,17,18). The van der Waals surface area contributed by atoms with Crippen molar-refractivity contribution in [3.8, 4) is 0 Å². The average molecular weight is 262 g/mol. The summed E-state index contributed by atoms with van der Waals surface area (Å²) >= 11 is 0. The number of nitrogens with zero attached hydrogens (tertiary/aromatic N) is 1. The van der Waals surface area contributed by atoms with Crippen molar-refractivity contribution in [3.05, 3.63) is 29.8 Å². The highest BCUT2D eigenvalue weighted by Crippen LogP contribution is 2.26. The van der Waals surface area contributed by atoms with E-state index in [0.717, 1.165) is 31.6 Å². The smallest absolute Gasteiger partial charge is 0.303 e. The molecule has 3 N–H and O–H groups in total. The van der Waals surface area contributed by atoms with Crippen LogP contribution in [0.1, 0.15) is 29.6 Å². The van der Waals surface area contributed by atoms with Gasteiger partial charge in [-0.1, -0.05) is 0 Å². The number of rotatable bonds is 5. The van der Waals surface area contributed by atoms with Crippen LogP contribution in [0, 0.1) is 5.92 Å². The predicted octanol–water partition coefficient (Wildman–Crippen LogP) is 1.48. The molecule has 0 radical (unpaired) electrons. The van der Waals surface area contributed by atoms with E-state index < -0.39 is 11.9 Å². The molecule has 2 rings (SSSR count). The van der Waals surface area contributed by atoms with E-state index in [0.29, 0.717) is 11.5 Å². The van der Waals surface area contributed by atoms with Crippen LogP contribution < -0.4 is 10.6 Å². The number of carboxylic acid groups (broad SMARTS) is 1. The minimum absolute atomic E-state index is 0.235. The summed E-state index contributed by atoms with van der Waals surface area (Å²) in [5.74, 6) is -0.719. The number of nitrogens with two attached hydrogens (primary N) is 1. The highest BCUT2D eigenvalue weighted by atomic mass is 16.4. The van der Waals surface area contributed by atoms with Gasteiger partial charge in [0.15, 0.2) is 0 Å². The van der Waals surface area contributed by atoms with Crippen molar-refractivity contribution in [2.75, 3.05) is 18.0 Å². The molecule has 102 valence electrons. The van der Waals surface area contributed by atoms with Gasteiger partial charge in [-0.05, 0) is 43.0 Å². The van der Waals surface area contributed by atoms with Crippen molar-refractivity contribution in [2.24, 2.45) is 11.7 Å². The molecule has 0 spiro atoms. The molecule has 0 bridgehead atoms. The number of anilines is 1. The molecule has 0 aliphatic carbocycles. The van der Waals surface area contributed by atoms with Crippen molar-refractivity contribution in [1.29, 1.82) is 0 Å². The van der Waals surface area contributed by atoms with Gasteiger partial charge in [0.25, 0.3) is 0 Å². The molecule has 1 aromatic carbocycles. The number of carboxylic acids is 1. The van der Waals surface area contributed by atoms with Crippen molar-refractivity contribution in [1.82, 2.24) is 0 Å². The number of primary amides is 1. The van der Waals surface area contributed by atoms with Crippen LogP contribution >= 0.6 is 0 Å². The fourth-order valence-corrected chi connectivity index (χ4v) is 2.47. The largest absolute Gasteiger partial charge is 0.481 e. The Morgan fingerprint density at radius 3 is 2.58 bits per heavy atom. The van der Waals surface area contributed by atoms with Crippen LogP contribution in [0.4, 0.5) is 5.69 Å². The van der Waals surface area contributed by atoms with Crippen LogP contribution in [0.15, 0.2) is 24.3 Å². The van der Waals surface area contributed by atoms with Gasteiger partial charge in [-0.15, -0.1) is 0 Å². The van der Waals surface area contributed by atoms with E-state index in [9.17, 15) is 9.59 Å². The van der Waals surface area contributed by atoms with Crippen molar-refractivity contribution < 1.29 is 14.7 Å². The maximum absolute atomic E-state index is 11.0. The maximum atomic E-state index is 11.0. The summed E-state index contributed by atoms with van der Waals surface area (Å²) in [4.78, 5) is 23.8. The van der Waals surface area contributed by atoms with Gasteiger partial charge in [0.2, 0.25) is 5.91 Å². The molecule has 1 unspecified atom stereocenters. The van der Waals surface area contributed by atoms with Crippen LogP contribution in [0.2, 0.25) is 0 Å². The zero-order chi connectivity index (χ0) is 13.8. The van der Waals surface area contributed by atoms with E-state index in [1.165, 1.54) is 0 Å². The zero-order valence-electron chi connectivity index (χ0n) is 10.7. The van der Waals surface area contributed by atoms with E-state index in [4.69, 9.17) is 10.8 Å². The van der Waals surface area contributed by atoms with Gasteiger partial charge in [0, 0.05) is 30.8 Å². The molecule has 1 heterocycles. The lowest BCUT2D eigenvalue weighted by Crippen LogP contribution is -2.20. The second-order valence-corrected chi connectivity index (χ2v) is 4.94. The van der Waals surface area contributed by atoms with Crippen LogP contribution in [0.3, 0.4) is 0 Å². The van der Waals surface area contributed by atoms with E-state index in [2.05, 4.69) is 4.90 Å². The Morgan fingerprint density at radius 1 is 1.32 bits per heavy atom. The molecule has 19 heavy (non-hydrogen) atoms. The lowest BCUT2D eigenvalue weighted by atomic mass is 10.0. The average Bonchev–Trinajstić information content (AvgIpc) is 2.85. The van der Waals surface area contributed by atoms with Gasteiger partial charge >= 0.3 is 5.97 Å². The summed E-state index contributed by atoms with van der Waals surface area (Å²) in [6, 6.07) is 7.23. The molecule has 1 fully saturated rings. The fraction of sp³-hybridized carbons (Fsp3) is 0.429. The zero-order valence-corrected chi connectivity index (χ0v) is 10.7. The quantitative estimate of drug-likeness (QED) is 0.841. The van der Waals surface area contributed by atoms with Gasteiger partial charge < -0.3 is 15.7 Å². The molecule has 1 aromatic rings. The molecule has 5 nitrogen and oxygen atoms in total. The first kappa shape index (κ1) is 13.4. The van der Waals surface area contributed by atoms with Crippen molar-refractivity contribution in [3.63, 3.8) is 0 Å². The minimum atomic E-state index is -0.732. The van der Waals surface area contributed by atoms with E-state index in [1.807, 2.05) is 12.1 Å². The molecule has 5 heteroatoms. The van der Waals surface area contributed by atoms with E-state index >= 15 is 0 Å². The van der Waals surface area contributed by atoms with Crippen LogP contribution in [0.25, 0.3) is 0 Å². The fourth-order valence-electron chi connectivity index (χ4n) is 2.47. The number of aliphatic carboxylic acids is 1. The SMILES string of the molecule is NC(=O)c1ccc(N2CCC(CCC(=O)O)C2)cc1. The van der Waals surface area contributed by atoms with Gasteiger partial charge in [0.05, 0.1) is 0 Å². The third kappa shape index (κ3) is 3.47. The summed E-state index contributed by atoms with van der Waals surface area (Å²) in [6.45, 7) is 1.81. The summed E-state index contributed by atoms with van der Waals surface area (Å²) in [5.41, 5.74) is 6.76. The maximum Gasteiger partial charge on any atom is 0.303 e. The normalized spacial score (nSPS) is 18.5. The van der Waals surface area contributed by atoms with Crippen LogP contribution in [-0.2, 0) is 4.79 Å². The highest BCUT2D eigenvalue weighted by Gasteiger charge is 2.23. The topological polar surface area (TPSA) is 83.6 Å². The number of hydrogen-bond donors (Lipinski definition) is 2. The number of amides is 1. The summed E-state index contributed by atoms with van der Waals surface area (Å²) < 4.78 is 0. The predicted molar refractivity (Wildman–Crippen MR) is 72.1 cm³/mol. The molecule has 1 saturated heterocycles.